The number of ketones is 1. The number of hydrogen-bond donors (Lipinski definition) is 0. The average Bonchev–Trinajstić information content (AvgIpc) is 3.16. The van der Waals surface area contributed by atoms with Crippen LogP contribution in [0.5, 0.6) is 0 Å². The summed E-state index contributed by atoms with van der Waals surface area (Å²) in [5, 5.41) is 0. The molecule has 1 heterocycles. The van der Waals surface area contributed by atoms with Crippen molar-refractivity contribution in [3.05, 3.63) is 71.3 Å². The van der Waals surface area contributed by atoms with Crippen LogP contribution in [0.2, 0.25) is 0 Å². The van der Waals surface area contributed by atoms with Gasteiger partial charge in [0.1, 0.15) is 6.10 Å². The standard InChI is InChI=1S/C16H14O2/c1-11-16(18-11)14-9-7-13(8-10-14)15(17)12-5-3-2-4-6-12/h2-11,16H,1H3. The number of hydrogen-bond acceptors (Lipinski definition) is 2. The third-order valence-electron chi connectivity index (χ3n) is 3.25. The second-order valence-electron chi connectivity index (χ2n) is 4.58. The van der Waals surface area contributed by atoms with Crippen molar-refractivity contribution in [3.63, 3.8) is 0 Å². The molecule has 0 N–H and O–H groups in total. The van der Waals surface area contributed by atoms with Gasteiger partial charge in [0.05, 0.1) is 6.10 Å². The lowest BCUT2D eigenvalue weighted by Crippen LogP contribution is -2.00. The summed E-state index contributed by atoms with van der Waals surface area (Å²) in [6.07, 6.45) is 0.520. The Morgan fingerprint density at radius 1 is 0.944 bits per heavy atom. The van der Waals surface area contributed by atoms with E-state index in [0.717, 1.165) is 16.7 Å². The van der Waals surface area contributed by atoms with Gasteiger partial charge in [-0.15, -0.1) is 0 Å². The van der Waals surface area contributed by atoms with Gasteiger partial charge in [-0.1, -0.05) is 54.6 Å². The molecule has 18 heavy (non-hydrogen) atoms. The molecule has 1 aliphatic rings. The average molecular weight is 238 g/mol. The van der Waals surface area contributed by atoms with E-state index in [-0.39, 0.29) is 11.9 Å². The van der Waals surface area contributed by atoms with Crippen LogP contribution < -0.4 is 0 Å². The van der Waals surface area contributed by atoms with Crippen LogP contribution in [0.4, 0.5) is 0 Å². The topological polar surface area (TPSA) is 29.6 Å². The molecule has 1 fully saturated rings. The van der Waals surface area contributed by atoms with Gasteiger partial charge < -0.3 is 4.74 Å². The molecule has 1 saturated heterocycles. The molecular weight excluding hydrogens is 224 g/mol. The van der Waals surface area contributed by atoms with Crippen molar-refractivity contribution in [3.8, 4) is 0 Å². The summed E-state index contributed by atoms with van der Waals surface area (Å²) in [5.74, 6) is 0.0620. The van der Waals surface area contributed by atoms with Crippen LogP contribution >= 0.6 is 0 Å². The summed E-state index contributed by atoms with van der Waals surface area (Å²) in [7, 11) is 0. The smallest absolute Gasteiger partial charge is 0.193 e. The molecule has 2 unspecified atom stereocenters. The summed E-state index contributed by atoms with van der Waals surface area (Å²) in [5.41, 5.74) is 2.59. The third-order valence-corrected chi connectivity index (χ3v) is 3.25. The first-order valence-electron chi connectivity index (χ1n) is 6.11. The highest BCUT2D eigenvalue weighted by Crippen LogP contribution is 2.38. The first kappa shape index (κ1) is 11.2. The molecule has 2 atom stereocenters. The van der Waals surface area contributed by atoms with Crippen molar-refractivity contribution in [2.75, 3.05) is 0 Å². The zero-order valence-electron chi connectivity index (χ0n) is 10.2. The quantitative estimate of drug-likeness (QED) is 0.606. The van der Waals surface area contributed by atoms with E-state index in [2.05, 4.69) is 0 Å². The maximum atomic E-state index is 12.2. The Balaban J connectivity index is 1.83. The number of ether oxygens (including phenoxy) is 1. The number of carbonyl (C=O) groups is 1. The van der Waals surface area contributed by atoms with E-state index in [9.17, 15) is 4.79 Å². The summed E-state index contributed by atoms with van der Waals surface area (Å²) in [6.45, 7) is 2.05. The van der Waals surface area contributed by atoms with Gasteiger partial charge in [-0.3, -0.25) is 4.79 Å². The van der Waals surface area contributed by atoms with E-state index < -0.39 is 0 Å². The highest BCUT2D eigenvalue weighted by Gasteiger charge is 2.35. The molecule has 0 radical (unpaired) electrons. The monoisotopic (exact) mass is 238 g/mol. The van der Waals surface area contributed by atoms with Gasteiger partial charge >= 0.3 is 0 Å². The van der Waals surface area contributed by atoms with Gasteiger partial charge in [-0.25, -0.2) is 0 Å². The van der Waals surface area contributed by atoms with Crippen LogP contribution in [-0.2, 0) is 4.74 Å². The minimum absolute atomic E-state index is 0.0620. The van der Waals surface area contributed by atoms with Gasteiger partial charge in [0.15, 0.2) is 5.78 Å². The van der Waals surface area contributed by atoms with Crippen molar-refractivity contribution in [1.29, 1.82) is 0 Å². The van der Waals surface area contributed by atoms with E-state index in [1.54, 1.807) is 0 Å². The van der Waals surface area contributed by atoms with Crippen LogP contribution in [0.3, 0.4) is 0 Å². The van der Waals surface area contributed by atoms with E-state index in [1.165, 1.54) is 0 Å². The molecule has 0 bridgehead atoms. The Labute approximate surface area is 106 Å². The summed E-state index contributed by atoms with van der Waals surface area (Å²) < 4.78 is 5.40. The van der Waals surface area contributed by atoms with E-state index in [1.807, 2.05) is 61.5 Å². The SMILES string of the molecule is CC1OC1c1ccc(C(=O)c2ccccc2)cc1. The van der Waals surface area contributed by atoms with Crippen molar-refractivity contribution in [2.24, 2.45) is 0 Å². The molecular formula is C16H14O2. The lowest BCUT2D eigenvalue weighted by atomic mass is 10.0. The van der Waals surface area contributed by atoms with Crippen LogP contribution in [0.25, 0.3) is 0 Å². The molecule has 1 aliphatic heterocycles. The predicted molar refractivity (Wildman–Crippen MR) is 69.6 cm³/mol. The lowest BCUT2D eigenvalue weighted by molar-refractivity contribution is 0.103. The molecule has 2 aromatic rings. The first-order valence-corrected chi connectivity index (χ1v) is 6.11. The minimum Gasteiger partial charge on any atom is -0.365 e. The van der Waals surface area contributed by atoms with Crippen molar-refractivity contribution in [2.45, 2.75) is 19.1 Å². The van der Waals surface area contributed by atoms with Gasteiger partial charge in [-0.05, 0) is 12.5 Å². The minimum atomic E-state index is 0.0620. The van der Waals surface area contributed by atoms with Crippen molar-refractivity contribution in [1.82, 2.24) is 0 Å². The Bertz CT molecular complexity index is 557. The molecule has 2 aromatic carbocycles. The molecule has 0 aromatic heterocycles. The van der Waals surface area contributed by atoms with Crippen LogP contribution in [0.15, 0.2) is 54.6 Å². The Hall–Kier alpha value is -1.93. The molecule has 3 rings (SSSR count). The summed E-state index contributed by atoms with van der Waals surface area (Å²) >= 11 is 0. The highest BCUT2D eigenvalue weighted by atomic mass is 16.6. The molecule has 0 aliphatic carbocycles. The number of carbonyl (C=O) groups excluding carboxylic acids is 1. The predicted octanol–water partition coefficient (Wildman–Crippen LogP) is 3.38. The second-order valence-corrected chi connectivity index (χ2v) is 4.58. The number of epoxide rings is 1. The molecule has 90 valence electrons. The molecule has 2 nitrogen and oxygen atoms in total. The number of rotatable bonds is 3. The summed E-state index contributed by atoms with van der Waals surface area (Å²) in [6, 6.07) is 17.0. The van der Waals surface area contributed by atoms with Crippen LogP contribution in [-0.4, -0.2) is 11.9 Å². The molecule has 0 saturated carbocycles. The maximum absolute atomic E-state index is 12.2. The molecule has 0 amide bonds. The largest absolute Gasteiger partial charge is 0.365 e. The fourth-order valence-corrected chi connectivity index (χ4v) is 2.12. The van der Waals surface area contributed by atoms with Gasteiger partial charge in [0.2, 0.25) is 0 Å². The zero-order chi connectivity index (χ0) is 12.5. The van der Waals surface area contributed by atoms with Crippen molar-refractivity contribution >= 4 is 5.78 Å². The van der Waals surface area contributed by atoms with Gasteiger partial charge in [0, 0.05) is 11.1 Å². The van der Waals surface area contributed by atoms with E-state index in [4.69, 9.17) is 4.74 Å². The van der Waals surface area contributed by atoms with Crippen LogP contribution in [0.1, 0.15) is 34.5 Å². The molecule has 0 spiro atoms. The number of benzene rings is 2. The Morgan fingerprint density at radius 3 is 2.06 bits per heavy atom. The van der Waals surface area contributed by atoms with Crippen LogP contribution in [0, 0.1) is 0 Å². The normalized spacial score (nSPS) is 21.6. The Morgan fingerprint density at radius 2 is 1.50 bits per heavy atom. The Kier molecular flexibility index (Phi) is 2.73. The van der Waals surface area contributed by atoms with E-state index in [0.29, 0.717) is 6.10 Å². The van der Waals surface area contributed by atoms with E-state index >= 15 is 0 Å². The lowest BCUT2D eigenvalue weighted by Gasteiger charge is -2.02. The maximum Gasteiger partial charge on any atom is 0.193 e. The van der Waals surface area contributed by atoms with Gasteiger partial charge in [0.25, 0.3) is 0 Å². The highest BCUT2D eigenvalue weighted by molar-refractivity contribution is 6.08. The third kappa shape index (κ3) is 2.07. The zero-order valence-corrected chi connectivity index (χ0v) is 10.2. The van der Waals surface area contributed by atoms with Gasteiger partial charge in [-0.2, -0.15) is 0 Å². The molecule has 2 heteroatoms. The van der Waals surface area contributed by atoms with Crippen molar-refractivity contribution < 1.29 is 9.53 Å². The fraction of sp³-hybridized carbons (Fsp3) is 0.188. The summed E-state index contributed by atoms with van der Waals surface area (Å²) in [4.78, 5) is 12.2. The first-order chi connectivity index (χ1) is 8.75. The fourth-order valence-electron chi connectivity index (χ4n) is 2.12. The second kappa shape index (κ2) is 4.39.